The zero-order chi connectivity index (χ0) is 18.4. The van der Waals surface area contributed by atoms with Gasteiger partial charge >= 0.3 is 0 Å². The lowest BCUT2D eigenvalue weighted by atomic mass is 10.2. The summed E-state index contributed by atoms with van der Waals surface area (Å²) < 4.78 is 12.2. The summed E-state index contributed by atoms with van der Waals surface area (Å²) >= 11 is 3.26. The van der Waals surface area contributed by atoms with Crippen molar-refractivity contribution in [2.45, 2.75) is 24.3 Å². The molecule has 142 valence electrons. The molecular weight excluding hydrogens is 368 g/mol. The first-order chi connectivity index (χ1) is 12.6. The van der Waals surface area contributed by atoms with Crippen molar-refractivity contribution in [3.05, 3.63) is 24.3 Å². The Labute approximate surface area is 163 Å². The fraction of sp³-hybridized carbons (Fsp3) is 0.556. The van der Waals surface area contributed by atoms with Crippen LogP contribution in [0.15, 0.2) is 28.6 Å². The largest absolute Gasteiger partial charge is 0.495 e. The van der Waals surface area contributed by atoms with Crippen molar-refractivity contribution >= 4 is 33.9 Å². The lowest BCUT2D eigenvalue weighted by molar-refractivity contribution is -0.0191. The van der Waals surface area contributed by atoms with Crippen LogP contribution in [0, 0.1) is 5.92 Å². The van der Waals surface area contributed by atoms with Gasteiger partial charge in [0.1, 0.15) is 5.75 Å². The molecule has 1 aliphatic rings. The van der Waals surface area contributed by atoms with Crippen LogP contribution in [0.5, 0.6) is 5.75 Å². The molecule has 8 heteroatoms. The molecule has 1 fully saturated rings. The molecule has 0 radical (unpaired) electrons. The van der Waals surface area contributed by atoms with E-state index in [1.165, 1.54) is 0 Å². The monoisotopic (exact) mass is 394 g/mol. The minimum atomic E-state index is 0.252. The SMILES string of the molecule is COc1ccccc1Nc1nnc(SC[C@H]2CN(CC(C)C)CCO2)s1. The molecule has 0 spiro atoms. The van der Waals surface area contributed by atoms with E-state index in [9.17, 15) is 0 Å². The van der Waals surface area contributed by atoms with Gasteiger partial charge in [0.15, 0.2) is 4.34 Å². The molecule has 1 aliphatic heterocycles. The number of ether oxygens (including phenoxy) is 2. The van der Waals surface area contributed by atoms with Crippen molar-refractivity contribution < 1.29 is 9.47 Å². The van der Waals surface area contributed by atoms with E-state index < -0.39 is 0 Å². The summed E-state index contributed by atoms with van der Waals surface area (Å²) in [7, 11) is 1.66. The summed E-state index contributed by atoms with van der Waals surface area (Å²) in [4.78, 5) is 2.49. The number of aromatic nitrogens is 2. The average molecular weight is 395 g/mol. The number of rotatable bonds is 8. The number of hydrogen-bond donors (Lipinski definition) is 1. The first-order valence-electron chi connectivity index (χ1n) is 8.84. The molecule has 0 unspecified atom stereocenters. The van der Waals surface area contributed by atoms with Crippen LogP contribution in [0.3, 0.4) is 0 Å². The van der Waals surface area contributed by atoms with Gasteiger partial charge in [-0.2, -0.15) is 0 Å². The van der Waals surface area contributed by atoms with E-state index in [2.05, 4.69) is 34.3 Å². The Hall–Kier alpha value is -1.35. The van der Waals surface area contributed by atoms with Gasteiger partial charge in [0.2, 0.25) is 5.13 Å². The van der Waals surface area contributed by atoms with E-state index in [4.69, 9.17) is 9.47 Å². The van der Waals surface area contributed by atoms with Crippen LogP contribution in [0.4, 0.5) is 10.8 Å². The third-order valence-corrected chi connectivity index (χ3v) is 6.10. The zero-order valence-electron chi connectivity index (χ0n) is 15.5. The maximum absolute atomic E-state index is 5.91. The summed E-state index contributed by atoms with van der Waals surface area (Å²) in [6.07, 6.45) is 0.252. The van der Waals surface area contributed by atoms with Gasteiger partial charge in [-0.25, -0.2) is 0 Å². The number of morpholine rings is 1. The van der Waals surface area contributed by atoms with Crippen molar-refractivity contribution in [2.24, 2.45) is 5.92 Å². The Bertz CT molecular complexity index is 695. The van der Waals surface area contributed by atoms with Gasteiger partial charge in [-0.15, -0.1) is 10.2 Å². The van der Waals surface area contributed by atoms with Crippen molar-refractivity contribution in [3.8, 4) is 5.75 Å². The quantitative estimate of drug-likeness (QED) is 0.684. The minimum absolute atomic E-state index is 0.252. The third kappa shape index (κ3) is 5.57. The standard InChI is InChI=1S/C18H26N4O2S2/c1-13(2)10-22-8-9-24-14(11-22)12-25-18-21-20-17(26-18)19-15-6-4-5-7-16(15)23-3/h4-7,13-14H,8-12H2,1-3H3,(H,19,20)/t14-/m1/s1. The lowest BCUT2D eigenvalue weighted by Gasteiger charge is -2.33. The molecule has 2 aromatic rings. The summed E-state index contributed by atoms with van der Waals surface area (Å²) in [5, 5.41) is 12.6. The maximum atomic E-state index is 5.91. The molecule has 26 heavy (non-hydrogen) atoms. The van der Waals surface area contributed by atoms with Gasteiger partial charge in [0.05, 0.1) is 25.5 Å². The first kappa shape index (κ1) is 19.4. The second-order valence-corrected chi connectivity index (χ2v) is 8.90. The van der Waals surface area contributed by atoms with E-state index in [1.54, 1.807) is 30.2 Å². The predicted molar refractivity (Wildman–Crippen MR) is 108 cm³/mol. The van der Waals surface area contributed by atoms with E-state index in [1.807, 2.05) is 24.3 Å². The fourth-order valence-electron chi connectivity index (χ4n) is 2.91. The molecule has 1 aromatic carbocycles. The van der Waals surface area contributed by atoms with Crippen LogP contribution >= 0.6 is 23.1 Å². The Morgan fingerprint density at radius 2 is 2.23 bits per heavy atom. The van der Waals surface area contributed by atoms with Gasteiger partial charge in [-0.05, 0) is 18.1 Å². The highest BCUT2D eigenvalue weighted by atomic mass is 32.2. The van der Waals surface area contributed by atoms with E-state index in [0.29, 0.717) is 5.92 Å². The summed E-state index contributed by atoms with van der Waals surface area (Å²) in [5.41, 5.74) is 0.891. The Kier molecular flexibility index (Phi) is 7.13. The van der Waals surface area contributed by atoms with Crippen molar-refractivity contribution in [1.29, 1.82) is 0 Å². The smallest absolute Gasteiger partial charge is 0.210 e. The Morgan fingerprint density at radius 1 is 1.38 bits per heavy atom. The number of methoxy groups -OCH3 is 1. The Balaban J connectivity index is 1.51. The highest BCUT2D eigenvalue weighted by molar-refractivity contribution is 8.01. The van der Waals surface area contributed by atoms with E-state index in [0.717, 1.165) is 52.9 Å². The second-order valence-electron chi connectivity index (χ2n) is 6.66. The molecule has 3 rings (SSSR count). The van der Waals surface area contributed by atoms with Gasteiger partial charge < -0.3 is 14.8 Å². The average Bonchev–Trinajstić information content (AvgIpc) is 3.08. The van der Waals surface area contributed by atoms with Crippen LogP contribution in [0.1, 0.15) is 13.8 Å². The predicted octanol–water partition coefficient (Wildman–Crippen LogP) is 3.74. The van der Waals surface area contributed by atoms with Crippen LogP contribution in [0.2, 0.25) is 0 Å². The zero-order valence-corrected chi connectivity index (χ0v) is 17.1. The molecule has 1 atom stereocenters. The maximum Gasteiger partial charge on any atom is 0.210 e. The van der Waals surface area contributed by atoms with Crippen LogP contribution < -0.4 is 10.1 Å². The number of anilines is 2. The molecule has 0 saturated carbocycles. The number of nitrogens with zero attached hydrogens (tertiary/aromatic N) is 3. The van der Waals surface area contributed by atoms with Crippen molar-refractivity contribution in [1.82, 2.24) is 15.1 Å². The van der Waals surface area contributed by atoms with Gasteiger partial charge in [0.25, 0.3) is 0 Å². The fourth-order valence-corrected chi connectivity index (χ4v) is 4.70. The van der Waals surface area contributed by atoms with Gasteiger partial charge in [0, 0.05) is 25.4 Å². The molecule has 0 aliphatic carbocycles. The first-order valence-corrected chi connectivity index (χ1v) is 10.6. The molecule has 0 bridgehead atoms. The molecular formula is C18H26N4O2S2. The van der Waals surface area contributed by atoms with Crippen LogP contribution in [-0.2, 0) is 4.74 Å². The number of thioether (sulfide) groups is 1. The number of para-hydroxylation sites is 2. The van der Waals surface area contributed by atoms with Crippen molar-refractivity contribution in [2.75, 3.05) is 44.4 Å². The van der Waals surface area contributed by atoms with Gasteiger partial charge in [-0.3, -0.25) is 4.90 Å². The topological polar surface area (TPSA) is 59.5 Å². The van der Waals surface area contributed by atoms with Crippen LogP contribution in [0.25, 0.3) is 0 Å². The van der Waals surface area contributed by atoms with Crippen LogP contribution in [-0.4, -0.2) is 60.3 Å². The van der Waals surface area contributed by atoms with Gasteiger partial charge in [-0.1, -0.05) is 49.1 Å². The molecule has 2 heterocycles. The third-order valence-electron chi connectivity index (χ3n) is 3.99. The lowest BCUT2D eigenvalue weighted by Crippen LogP contribution is -2.44. The summed E-state index contributed by atoms with van der Waals surface area (Å²) in [6, 6.07) is 7.79. The normalized spacial score (nSPS) is 18.2. The summed E-state index contributed by atoms with van der Waals surface area (Å²) in [6.45, 7) is 8.50. The number of benzene rings is 1. The molecule has 0 amide bonds. The molecule has 1 saturated heterocycles. The molecule has 6 nitrogen and oxygen atoms in total. The highest BCUT2D eigenvalue weighted by Crippen LogP contribution is 2.32. The van der Waals surface area contributed by atoms with Crippen molar-refractivity contribution in [3.63, 3.8) is 0 Å². The second kappa shape index (κ2) is 9.55. The summed E-state index contributed by atoms with van der Waals surface area (Å²) in [5.74, 6) is 2.38. The minimum Gasteiger partial charge on any atom is -0.495 e. The number of hydrogen-bond acceptors (Lipinski definition) is 8. The number of nitrogens with one attached hydrogen (secondary N) is 1. The molecule has 1 N–H and O–H groups in total. The Morgan fingerprint density at radius 3 is 3.04 bits per heavy atom. The van der Waals surface area contributed by atoms with E-state index >= 15 is 0 Å². The molecule has 1 aromatic heterocycles. The van der Waals surface area contributed by atoms with E-state index in [-0.39, 0.29) is 6.10 Å². The highest BCUT2D eigenvalue weighted by Gasteiger charge is 2.21.